The van der Waals surface area contributed by atoms with Crippen LogP contribution in [0.15, 0.2) is 6.07 Å². The van der Waals surface area contributed by atoms with Crippen molar-refractivity contribution in [2.75, 3.05) is 26.2 Å². The summed E-state index contributed by atoms with van der Waals surface area (Å²) in [4.78, 5) is 17.5. The minimum atomic E-state index is 0.194. The summed E-state index contributed by atoms with van der Waals surface area (Å²) < 4.78 is 0. The van der Waals surface area contributed by atoms with Gasteiger partial charge in [0.1, 0.15) is 0 Å². The normalized spacial score (nSPS) is 18.2. The first-order valence-corrected chi connectivity index (χ1v) is 6.62. The molecule has 4 nitrogen and oxygen atoms in total. The third kappa shape index (κ3) is 3.00. The third-order valence-electron chi connectivity index (χ3n) is 3.78. The van der Waals surface area contributed by atoms with Gasteiger partial charge < -0.3 is 10.1 Å². The van der Waals surface area contributed by atoms with Crippen LogP contribution in [0.25, 0.3) is 0 Å². The van der Waals surface area contributed by atoms with E-state index in [4.69, 9.17) is 5.11 Å². The molecule has 1 aliphatic heterocycles. The Labute approximate surface area is 108 Å². The first kappa shape index (κ1) is 13.3. The number of aryl methyl sites for hydroxylation is 2. The van der Waals surface area contributed by atoms with Crippen molar-refractivity contribution >= 4 is 5.78 Å². The second-order valence-electron chi connectivity index (χ2n) is 5.32. The fraction of sp³-hybridized carbons (Fsp3) is 0.643. The Morgan fingerprint density at radius 2 is 2.11 bits per heavy atom. The SMILES string of the molecule is Cc1cc(C(=O)CN2CCC(CO)CC2)c(C)[nH]1. The van der Waals surface area contributed by atoms with Gasteiger partial charge in [0.05, 0.1) is 6.54 Å². The molecule has 2 heterocycles. The predicted molar refractivity (Wildman–Crippen MR) is 70.8 cm³/mol. The molecule has 0 aliphatic carbocycles. The molecule has 2 N–H and O–H groups in total. The van der Waals surface area contributed by atoms with Gasteiger partial charge in [-0.25, -0.2) is 0 Å². The zero-order valence-corrected chi connectivity index (χ0v) is 11.2. The van der Waals surface area contributed by atoms with Crippen molar-refractivity contribution in [1.29, 1.82) is 0 Å². The summed E-state index contributed by atoms with van der Waals surface area (Å²) in [6.45, 7) is 6.52. The lowest BCUT2D eigenvalue weighted by molar-refractivity contribution is 0.0863. The van der Waals surface area contributed by atoms with Crippen molar-refractivity contribution in [3.8, 4) is 0 Å². The number of H-pyrrole nitrogens is 1. The first-order chi connectivity index (χ1) is 8.60. The highest BCUT2D eigenvalue weighted by molar-refractivity contribution is 5.98. The number of likely N-dealkylation sites (tertiary alicyclic amines) is 1. The van der Waals surface area contributed by atoms with E-state index in [-0.39, 0.29) is 12.4 Å². The zero-order valence-electron chi connectivity index (χ0n) is 11.2. The number of aromatic nitrogens is 1. The van der Waals surface area contributed by atoms with Gasteiger partial charge in [0.25, 0.3) is 0 Å². The van der Waals surface area contributed by atoms with Crippen LogP contribution in [-0.2, 0) is 0 Å². The average Bonchev–Trinajstić information content (AvgIpc) is 2.69. The highest BCUT2D eigenvalue weighted by Gasteiger charge is 2.21. The van der Waals surface area contributed by atoms with E-state index in [1.807, 2.05) is 19.9 Å². The number of rotatable bonds is 4. The van der Waals surface area contributed by atoms with Gasteiger partial charge in [0.2, 0.25) is 0 Å². The summed E-state index contributed by atoms with van der Waals surface area (Å²) in [6, 6.07) is 1.93. The summed E-state index contributed by atoms with van der Waals surface area (Å²) in [7, 11) is 0. The largest absolute Gasteiger partial charge is 0.396 e. The minimum Gasteiger partial charge on any atom is -0.396 e. The molecule has 100 valence electrons. The number of aliphatic hydroxyl groups is 1. The third-order valence-corrected chi connectivity index (χ3v) is 3.78. The van der Waals surface area contributed by atoms with Crippen molar-refractivity contribution in [2.24, 2.45) is 5.92 Å². The summed E-state index contributed by atoms with van der Waals surface area (Å²) in [5.41, 5.74) is 2.81. The Kier molecular flexibility index (Phi) is 4.19. The first-order valence-electron chi connectivity index (χ1n) is 6.62. The maximum absolute atomic E-state index is 12.2. The number of nitrogens with zero attached hydrogens (tertiary/aromatic N) is 1. The van der Waals surface area contributed by atoms with Crippen molar-refractivity contribution in [3.05, 3.63) is 23.0 Å². The second-order valence-corrected chi connectivity index (χ2v) is 5.32. The molecular formula is C14H22N2O2. The summed E-state index contributed by atoms with van der Waals surface area (Å²) in [5.74, 6) is 0.617. The van der Waals surface area contributed by atoms with E-state index in [1.54, 1.807) is 0 Å². The fourth-order valence-corrected chi connectivity index (χ4v) is 2.63. The number of piperidine rings is 1. The standard InChI is InChI=1S/C14H22N2O2/c1-10-7-13(11(2)15-10)14(18)8-16-5-3-12(9-17)4-6-16/h7,12,15,17H,3-6,8-9H2,1-2H3. The zero-order chi connectivity index (χ0) is 13.1. The van der Waals surface area contributed by atoms with Crippen molar-refractivity contribution in [2.45, 2.75) is 26.7 Å². The van der Waals surface area contributed by atoms with Crippen LogP contribution in [0.2, 0.25) is 0 Å². The van der Waals surface area contributed by atoms with Gasteiger partial charge in [-0.3, -0.25) is 9.69 Å². The Morgan fingerprint density at radius 1 is 1.44 bits per heavy atom. The number of carbonyl (C=O) groups excluding carboxylic acids is 1. The highest BCUT2D eigenvalue weighted by atomic mass is 16.3. The van der Waals surface area contributed by atoms with Crippen LogP contribution in [-0.4, -0.2) is 47.0 Å². The molecule has 0 radical (unpaired) electrons. The predicted octanol–water partition coefficient (Wildman–Crippen LogP) is 1.52. The van der Waals surface area contributed by atoms with Gasteiger partial charge in [0.15, 0.2) is 5.78 Å². The number of aliphatic hydroxyl groups excluding tert-OH is 1. The molecule has 0 spiro atoms. The molecule has 2 rings (SSSR count). The topological polar surface area (TPSA) is 56.3 Å². The van der Waals surface area contributed by atoms with Gasteiger partial charge in [-0.1, -0.05) is 0 Å². The summed E-state index contributed by atoms with van der Waals surface area (Å²) in [6.07, 6.45) is 1.99. The van der Waals surface area contributed by atoms with Crippen LogP contribution < -0.4 is 0 Å². The van der Waals surface area contributed by atoms with Gasteiger partial charge in [-0.05, 0) is 51.8 Å². The molecular weight excluding hydrogens is 228 g/mol. The van der Waals surface area contributed by atoms with Crippen LogP contribution in [0.5, 0.6) is 0 Å². The van der Waals surface area contributed by atoms with Crippen LogP contribution in [0.3, 0.4) is 0 Å². The lowest BCUT2D eigenvalue weighted by Gasteiger charge is -2.30. The summed E-state index contributed by atoms with van der Waals surface area (Å²) in [5, 5.41) is 9.09. The number of carbonyl (C=O) groups is 1. The number of aromatic amines is 1. The maximum Gasteiger partial charge on any atom is 0.178 e. The lowest BCUT2D eigenvalue weighted by atomic mass is 9.97. The quantitative estimate of drug-likeness (QED) is 0.797. The Balaban J connectivity index is 1.90. The summed E-state index contributed by atoms with van der Waals surface area (Å²) >= 11 is 0. The van der Waals surface area contributed by atoms with Gasteiger partial charge in [-0.2, -0.15) is 0 Å². The second kappa shape index (κ2) is 5.67. The number of hydrogen-bond acceptors (Lipinski definition) is 3. The average molecular weight is 250 g/mol. The Hall–Kier alpha value is -1.13. The van der Waals surface area contributed by atoms with E-state index in [0.717, 1.165) is 42.9 Å². The number of hydrogen-bond donors (Lipinski definition) is 2. The molecule has 0 bridgehead atoms. The Bertz CT molecular complexity index is 417. The van der Waals surface area contributed by atoms with E-state index in [2.05, 4.69) is 9.88 Å². The van der Waals surface area contributed by atoms with Crippen molar-refractivity contribution < 1.29 is 9.90 Å². The molecule has 1 aliphatic rings. The minimum absolute atomic E-state index is 0.194. The number of ketones is 1. The molecule has 4 heteroatoms. The molecule has 0 amide bonds. The molecule has 1 aromatic rings. The van der Waals surface area contributed by atoms with E-state index in [9.17, 15) is 4.79 Å². The van der Waals surface area contributed by atoms with E-state index in [0.29, 0.717) is 12.5 Å². The van der Waals surface area contributed by atoms with Crippen molar-refractivity contribution in [1.82, 2.24) is 9.88 Å². The highest BCUT2D eigenvalue weighted by Crippen LogP contribution is 2.17. The van der Waals surface area contributed by atoms with E-state index < -0.39 is 0 Å². The number of nitrogens with one attached hydrogen (secondary N) is 1. The van der Waals surface area contributed by atoms with Crippen LogP contribution >= 0.6 is 0 Å². The van der Waals surface area contributed by atoms with Crippen LogP contribution in [0.1, 0.15) is 34.6 Å². The monoisotopic (exact) mass is 250 g/mol. The van der Waals surface area contributed by atoms with Gasteiger partial charge in [0, 0.05) is 23.6 Å². The molecule has 0 saturated carbocycles. The Morgan fingerprint density at radius 3 is 2.61 bits per heavy atom. The molecule has 1 saturated heterocycles. The van der Waals surface area contributed by atoms with Gasteiger partial charge >= 0.3 is 0 Å². The van der Waals surface area contributed by atoms with E-state index in [1.165, 1.54) is 0 Å². The molecule has 0 unspecified atom stereocenters. The molecule has 0 aromatic carbocycles. The van der Waals surface area contributed by atoms with Crippen LogP contribution in [0.4, 0.5) is 0 Å². The molecule has 1 aromatic heterocycles. The number of Topliss-reactive ketones (excluding diaryl/α,β-unsaturated/α-hetero) is 1. The van der Waals surface area contributed by atoms with Crippen LogP contribution in [0, 0.1) is 19.8 Å². The van der Waals surface area contributed by atoms with Crippen molar-refractivity contribution in [3.63, 3.8) is 0 Å². The lowest BCUT2D eigenvalue weighted by Crippen LogP contribution is -2.38. The molecule has 18 heavy (non-hydrogen) atoms. The fourth-order valence-electron chi connectivity index (χ4n) is 2.63. The molecule has 0 atom stereocenters. The smallest absolute Gasteiger partial charge is 0.178 e. The molecule has 1 fully saturated rings. The van der Waals surface area contributed by atoms with E-state index >= 15 is 0 Å². The van der Waals surface area contributed by atoms with Gasteiger partial charge in [-0.15, -0.1) is 0 Å². The maximum atomic E-state index is 12.2.